The molecule has 0 fully saturated rings. The van der Waals surface area contributed by atoms with Gasteiger partial charge < -0.3 is 5.11 Å². The predicted octanol–water partition coefficient (Wildman–Crippen LogP) is 2.73. The van der Waals surface area contributed by atoms with Crippen molar-refractivity contribution in [2.24, 2.45) is 0 Å². The van der Waals surface area contributed by atoms with E-state index in [4.69, 9.17) is 5.26 Å². The third-order valence-corrected chi connectivity index (χ3v) is 4.04. The molecule has 120 valence electrons. The molecule has 2 aromatic carbocycles. The lowest BCUT2D eigenvalue weighted by molar-refractivity contribution is 0.115. The minimum absolute atomic E-state index is 0.330. The molecule has 0 bridgehead atoms. The van der Waals surface area contributed by atoms with Gasteiger partial charge in [-0.05, 0) is 36.1 Å². The second-order valence-electron chi connectivity index (χ2n) is 5.65. The summed E-state index contributed by atoms with van der Waals surface area (Å²) in [6.07, 6.45) is 3.84. The van der Waals surface area contributed by atoms with E-state index in [9.17, 15) is 5.11 Å². The zero-order valence-corrected chi connectivity index (χ0v) is 13.2. The number of hydrogen-bond donors (Lipinski definition) is 1. The van der Waals surface area contributed by atoms with Gasteiger partial charge in [-0.15, -0.1) is 0 Å². The first kappa shape index (κ1) is 15.9. The van der Waals surface area contributed by atoms with Crippen LogP contribution in [0.3, 0.4) is 0 Å². The number of aliphatic hydroxyl groups is 1. The van der Waals surface area contributed by atoms with E-state index in [-0.39, 0.29) is 6.04 Å². The van der Waals surface area contributed by atoms with Crippen LogP contribution in [0, 0.1) is 11.3 Å². The summed E-state index contributed by atoms with van der Waals surface area (Å²) < 4.78 is 1.66. The molecule has 24 heavy (non-hydrogen) atoms. The molecule has 1 aromatic heterocycles. The molecule has 1 N–H and O–H groups in total. The number of benzene rings is 2. The minimum atomic E-state index is -0.611. The molecule has 3 rings (SSSR count). The van der Waals surface area contributed by atoms with Crippen molar-refractivity contribution >= 4 is 0 Å². The van der Waals surface area contributed by atoms with E-state index in [0.29, 0.717) is 12.0 Å². The Hall–Kier alpha value is -2.97. The largest absolute Gasteiger partial charge is 0.391 e. The van der Waals surface area contributed by atoms with Crippen LogP contribution in [0.4, 0.5) is 0 Å². The van der Waals surface area contributed by atoms with Crippen molar-refractivity contribution in [3.05, 3.63) is 83.9 Å². The Balaban J connectivity index is 1.80. The number of rotatable bonds is 6. The SMILES string of the molecule is N#Cc1ccc(C(C(O)CCc2ccccc2)n2cncn2)cc1. The lowest BCUT2D eigenvalue weighted by Crippen LogP contribution is -2.26. The standard InChI is InChI=1S/C19H18N4O/c20-12-16-6-9-17(10-7-16)19(23-14-21-13-22-23)18(24)11-8-15-4-2-1-3-5-15/h1-7,9-10,13-14,18-19,24H,8,11H2. The van der Waals surface area contributed by atoms with Crippen molar-refractivity contribution in [1.82, 2.24) is 14.8 Å². The fourth-order valence-corrected chi connectivity index (χ4v) is 2.78. The highest BCUT2D eigenvalue weighted by Gasteiger charge is 2.23. The molecule has 0 saturated carbocycles. The van der Waals surface area contributed by atoms with E-state index < -0.39 is 6.10 Å². The number of aryl methyl sites for hydroxylation is 1. The van der Waals surface area contributed by atoms with Crippen LogP contribution in [0.5, 0.6) is 0 Å². The molecular formula is C19H18N4O. The molecule has 2 unspecified atom stereocenters. The van der Waals surface area contributed by atoms with Gasteiger partial charge >= 0.3 is 0 Å². The lowest BCUT2D eigenvalue weighted by atomic mass is 9.96. The number of hydrogen-bond acceptors (Lipinski definition) is 4. The van der Waals surface area contributed by atoms with Crippen LogP contribution < -0.4 is 0 Å². The number of aliphatic hydroxyl groups excluding tert-OH is 1. The average Bonchev–Trinajstić information content (AvgIpc) is 3.16. The van der Waals surface area contributed by atoms with Crippen LogP contribution in [0.15, 0.2) is 67.3 Å². The Morgan fingerprint density at radius 2 is 1.83 bits per heavy atom. The molecule has 0 radical (unpaired) electrons. The Morgan fingerprint density at radius 3 is 2.46 bits per heavy atom. The van der Waals surface area contributed by atoms with E-state index >= 15 is 0 Å². The summed E-state index contributed by atoms with van der Waals surface area (Å²) in [7, 11) is 0. The van der Waals surface area contributed by atoms with Crippen molar-refractivity contribution in [2.45, 2.75) is 25.0 Å². The molecule has 2 atom stereocenters. The van der Waals surface area contributed by atoms with Gasteiger partial charge in [0.2, 0.25) is 0 Å². The van der Waals surface area contributed by atoms with Crippen molar-refractivity contribution in [3.63, 3.8) is 0 Å². The highest BCUT2D eigenvalue weighted by atomic mass is 16.3. The normalized spacial score (nSPS) is 13.2. The van der Waals surface area contributed by atoms with Crippen molar-refractivity contribution in [1.29, 1.82) is 5.26 Å². The first-order chi connectivity index (χ1) is 11.8. The minimum Gasteiger partial charge on any atom is -0.391 e. The van der Waals surface area contributed by atoms with Gasteiger partial charge in [0.05, 0.1) is 17.7 Å². The van der Waals surface area contributed by atoms with Gasteiger partial charge in [0.1, 0.15) is 18.7 Å². The van der Waals surface area contributed by atoms with Crippen LogP contribution >= 0.6 is 0 Å². The van der Waals surface area contributed by atoms with Crippen LogP contribution in [0.25, 0.3) is 0 Å². The number of nitrogens with zero attached hydrogens (tertiary/aromatic N) is 4. The molecule has 0 aliphatic rings. The molecule has 5 nitrogen and oxygen atoms in total. The third kappa shape index (κ3) is 3.67. The Morgan fingerprint density at radius 1 is 1.08 bits per heavy atom. The molecule has 0 saturated heterocycles. The predicted molar refractivity (Wildman–Crippen MR) is 90.1 cm³/mol. The van der Waals surface area contributed by atoms with Crippen molar-refractivity contribution < 1.29 is 5.11 Å². The van der Waals surface area contributed by atoms with Crippen LogP contribution in [-0.4, -0.2) is 26.0 Å². The molecule has 0 aliphatic carbocycles. The monoisotopic (exact) mass is 318 g/mol. The van der Waals surface area contributed by atoms with Gasteiger partial charge in [0.15, 0.2) is 0 Å². The van der Waals surface area contributed by atoms with E-state index in [2.05, 4.69) is 28.3 Å². The van der Waals surface area contributed by atoms with Crippen LogP contribution in [0.1, 0.15) is 29.2 Å². The summed E-state index contributed by atoms with van der Waals surface area (Å²) >= 11 is 0. The molecule has 0 amide bonds. The first-order valence-corrected chi connectivity index (χ1v) is 7.84. The maximum atomic E-state index is 10.8. The molecule has 0 aliphatic heterocycles. The van der Waals surface area contributed by atoms with Gasteiger partial charge in [-0.2, -0.15) is 10.4 Å². The van der Waals surface area contributed by atoms with E-state index in [1.165, 1.54) is 11.9 Å². The Kier molecular flexibility index (Phi) is 4.99. The molecule has 3 aromatic rings. The fourth-order valence-electron chi connectivity index (χ4n) is 2.78. The van der Waals surface area contributed by atoms with E-state index in [1.54, 1.807) is 23.1 Å². The fraction of sp³-hybridized carbons (Fsp3) is 0.211. The van der Waals surface area contributed by atoms with Crippen LogP contribution in [-0.2, 0) is 6.42 Å². The number of aromatic nitrogens is 3. The third-order valence-electron chi connectivity index (χ3n) is 4.04. The quantitative estimate of drug-likeness (QED) is 0.758. The van der Waals surface area contributed by atoms with Crippen molar-refractivity contribution in [2.75, 3.05) is 0 Å². The van der Waals surface area contributed by atoms with E-state index in [1.807, 2.05) is 30.3 Å². The molecule has 1 heterocycles. The molecule has 0 spiro atoms. The second kappa shape index (κ2) is 7.53. The van der Waals surface area contributed by atoms with Gasteiger partial charge in [0.25, 0.3) is 0 Å². The lowest BCUT2D eigenvalue weighted by Gasteiger charge is -2.23. The van der Waals surface area contributed by atoms with Gasteiger partial charge in [-0.1, -0.05) is 42.5 Å². The number of nitriles is 1. The second-order valence-corrected chi connectivity index (χ2v) is 5.65. The average molecular weight is 318 g/mol. The zero-order chi connectivity index (χ0) is 16.8. The maximum Gasteiger partial charge on any atom is 0.137 e. The Labute approximate surface area is 140 Å². The van der Waals surface area contributed by atoms with Gasteiger partial charge in [-0.3, -0.25) is 0 Å². The maximum absolute atomic E-state index is 10.8. The van der Waals surface area contributed by atoms with E-state index in [0.717, 1.165) is 12.0 Å². The first-order valence-electron chi connectivity index (χ1n) is 7.84. The highest BCUT2D eigenvalue weighted by Crippen LogP contribution is 2.24. The highest BCUT2D eigenvalue weighted by molar-refractivity contribution is 5.33. The zero-order valence-electron chi connectivity index (χ0n) is 13.2. The molecular weight excluding hydrogens is 300 g/mol. The topological polar surface area (TPSA) is 74.7 Å². The summed E-state index contributed by atoms with van der Waals surface area (Å²) in [5.74, 6) is 0. The Bertz CT molecular complexity index is 792. The summed E-state index contributed by atoms with van der Waals surface area (Å²) in [5, 5.41) is 23.9. The van der Waals surface area contributed by atoms with Gasteiger partial charge in [-0.25, -0.2) is 9.67 Å². The van der Waals surface area contributed by atoms with Gasteiger partial charge in [0, 0.05) is 0 Å². The summed E-state index contributed by atoms with van der Waals surface area (Å²) in [5.41, 5.74) is 2.68. The summed E-state index contributed by atoms with van der Waals surface area (Å²) in [6, 6.07) is 19.1. The molecule has 5 heteroatoms. The smallest absolute Gasteiger partial charge is 0.137 e. The summed E-state index contributed by atoms with van der Waals surface area (Å²) in [4.78, 5) is 3.99. The van der Waals surface area contributed by atoms with Crippen molar-refractivity contribution in [3.8, 4) is 6.07 Å². The summed E-state index contributed by atoms with van der Waals surface area (Å²) in [6.45, 7) is 0. The van der Waals surface area contributed by atoms with Crippen LogP contribution in [0.2, 0.25) is 0 Å².